The first-order valence-corrected chi connectivity index (χ1v) is 7.00. The molecule has 0 amide bonds. The van der Waals surface area contributed by atoms with E-state index >= 15 is 0 Å². The minimum Gasteiger partial charge on any atom is -0.507 e. The van der Waals surface area contributed by atoms with Crippen molar-refractivity contribution in [2.75, 3.05) is 0 Å². The van der Waals surface area contributed by atoms with Crippen LogP contribution in [0.2, 0.25) is 0 Å². The number of aromatic nitrogens is 1. The molecule has 0 atom stereocenters. The van der Waals surface area contributed by atoms with Crippen molar-refractivity contribution in [1.82, 2.24) is 4.57 Å². The van der Waals surface area contributed by atoms with Crippen LogP contribution in [0.1, 0.15) is 26.3 Å². The molecule has 0 aliphatic rings. The third-order valence-corrected chi connectivity index (χ3v) is 3.93. The Morgan fingerprint density at radius 1 is 1.14 bits per heavy atom. The van der Waals surface area contributed by atoms with Gasteiger partial charge in [-0.2, -0.15) is 0 Å². The quantitative estimate of drug-likeness (QED) is 0.648. The van der Waals surface area contributed by atoms with Crippen LogP contribution < -0.4 is 11.2 Å². The first-order valence-electron chi connectivity index (χ1n) is 7.00. The van der Waals surface area contributed by atoms with Crippen LogP contribution in [-0.2, 0) is 12.5 Å². The number of rotatable bonds is 0. The van der Waals surface area contributed by atoms with Gasteiger partial charge in [0, 0.05) is 12.4 Å². The van der Waals surface area contributed by atoms with E-state index in [9.17, 15) is 14.7 Å². The second-order valence-electron chi connectivity index (χ2n) is 6.50. The van der Waals surface area contributed by atoms with E-state index in [-0.39, 0.29) is 22.1 Å². The van der Waals surface area contributed by atoms with E-state index in [1.807, 2.05) is 18.2 Å². The molecule has 3 aromatic rings. The molecule has 3 rings (SSSR count). The van der Waals surface area contributed by atoms with Crippen molar-refractivity contribution in [3.63, 3.8) is 0 Å². The van der Waals surface area contributed by atoms with Crippen molar-refractivity contribution in [2.24, 2.45) is 7.05 Å². The minimum absolute atomic E-state index is 0.0284. The van der Waals surface area contributed by atoms with Crippen LogP contribution >= 0.6 is 0 Å². The maximum atomic E-state index is 12.4. The summed E-state index contributed by atoms with van der Waals surface area (Å²) in [5.41, 5.74) is 0.666. The molecule has 1 N–H and O–H groups in total. The van der Waals surface area contributed by atoms with Crippen molar-refractivity contribution in [1.29, 1.82) is 0 Å². The number of aryl methyl sites for hydroxylation is 1. The Bertz CT molecular complexity index is 1020. The van der Waals surface area contributed by atoms with Gasteiger partial charge in [0.25, 0.3) is 5.56 Å². The number of hydrogen-bond acceptors (Lipinski definition) is 4. The molecular formula is C17H17NO4. The monoisotopic (exact) mass is 299 g/mol. The van der Waals surface area contributed by atoms with Crippen molar-refractivity contribution >= 4 is 21.9 Å². The van der Waals surface area contributed by atoms with Gasteiger partial charge in [-0.05, 0) is 23.1 Å². The average Bonchev–Trinajstić information content (AvgIpc) is 2.42. The van der Waals surface area contributed by atoms with E-state index in [0.717, 1.165) is 11.6 Å². The van der Waals surface area contributed by atoms with Gasteiger partial charge in [0.05, 0.1) is 11.6 Å². The molecule has 0 saturated carbocycles. The summed E-state index contributed by atoms with van der Waals surface area (Å²) in [6, 6.07) is 6.61. The van der Waals surface area contributed by atoms with E-state index in [1.165, 1.54) is 4.57 Å². The van der Waals surface area contributed by atoms with Gasteiger partial charge in [-0.1, -0.05) is 26.8 Å². The second kappa shape index (κ2) is 4.47. The van der Waals surface area contributed by atoms with Crippen LogP contribution in [-0.4, -0.2) is 9.67 Å². The summed E-state index contributed by atoms with van der Waals surface area (Å²) in [5, 5.41) is 10.6. The Balaban J connectivity index is 2.63. The summed E-state index contributed by atoms with van der Waals surface area (Å²) in [6.07, 6.45) is 0. The van der Waals surface area contributed by atoms with Crippen LogP contribution in [0.4, 0.5) is 0 Å². The van der Waals surface area contributed by atoms with E-state index in [2.05, 4.69) is 20.8 Å². The van der Waals surface area contributed by atoms with Gasteiger partial charge < -0.3 is 14.1 Å². The topological polar surface area (TPSA) is 72.4 Å². The first-order chi connectivity index (χ1) is 10.2. The number of pyridine rings is 1. The normalized spacial score (nSPS) is 12.2. The van der Waals surface area contributed by atoms with Gasteiger partial charge in [0.15, 0.2) is 5.58 Å². The standard InChI is InChI=1S/C17H17NO4/c1-17(2,3)9-5-6-11-10(7-9)15-14(16(21)18(11)4)12(19)8-13(20)22-15/h5-8,19H,1-4H3. The van der Waals surface area contributed by atoms with E-state index < -0.39 is 11.2 Å². The molecular weight excluding hydrogens is 282 g/mol. The lowest BCUT2D eigenvalue weighted by Crippen LogP contribution is -2.19. The first kappa shape index (κ1) is 14.4. The summed E-state index contributed by atoms with van der Waals surface area (Å²) in [6.45, 7) is 6.23. The Kier molecular flexibility index (Phi) is 2.92. The van der Waals surface area contributed by atoms with Gasteiger partial charge >= 0.3 is 5.63 Å². The van der Waals surface area contributed by atoms with Crippen LogP contribution in [0.25, 0.3) is 21.9 Å². The highest BCUT2D eigenvalue weighted by molar-refractivity contribution is 6.04. The van der Waals surface area contributed by atoms with E-state index in [1.54, 1.807) is 7.05 Å². The average molecular weight is 299 g/mol. The lowest BCUT2D eigenvalue weighted by atomic mass is 9.86. The zero-order chi connectivity index (χ0) is 16.2. The highest BCUT2D eigenvalue weighted by atomic mass is 16.4. The molecule has 114 valence electrons. The van der Waals surface area contributed by atoms with Crippen LogP contribution in [0.5, 0.6) is 5.75 Å². The maximum absolute atomic E-state index is 12.4. The Morgan fingerprint density at radius 2 is 1.82 bits per heavy atom. The van der Waals surface area contributed by atoms with Gasteiger partial charge in [0.1, 0.15) is 11.1 Å². The predicted octanol–water partition coefficient (Wildman–Crippen LogP) is 2.65. The Hall–Kier alpha value is -2.56. The summed E-state index contributed by atoms with van der Waals surface area (Å²) in [5.74, 6) is -0.352. The van der Waals surface area contributed by atoms with Gasteiger partial charge in [-0.3, -0.25) is 4.79 Å². The third-order valence-electron chi connectivity index (χ3n) is 3.93. The summed E-state index contributed by atoms with van der Waals surface area (Å²) < 4.78 is 6.68. The smallest absolute Gasteiger partial charge is 0.339 e. The zero-order valence-corrected chi connectivity index (χ0v) is 12.9. The minimum atomic E-state index is -0.680. The molecule has 0 bridgehead atoms. The number of nitrogens with zero attached hydrogens (tertiary/aromatic N) is 1. The molecule has 2 aromatic heterocycles. The SMILES string of the molecule is Cn1c(=O)c2c(O)cc(=O)oc2c2cc(C(C)(C)C)ccc21. The van der Waals surface area contributed by atoms with Crippen molar-refractivity contribution < 1.29 is 9.52 Å². The lowest BCUT2D eigenvalue weighted by Gasteiger charge is -2.20. The highest BCUT2D eigenvalue weighted by Crippen LogP contribution is 2.30. The molecule has 2 heterocycles. The number of fused-ring (bicyclic) bond motifs is 3. The summed E-state index contributed by atoms with van der Waals surface area (Å²) in [7, 11) is 1.63. The molecule has 22 heavy (non-hydrogen) atoms. The van der Waals surface area contributed by atoms with Gasteiger partial charge in [-0.25, -0.2) is 4.79 Å². The molecule has 0 aliphatic heterocycles. The molecule has 5 heteroatoms. The zero-order valence-electron chi connectivity index (χ0n) is 12.9. The van der Waals surface area contributed by atoms with Crippen molar-refractivity contribution in [2.45, 2.75) is 26.2 Å². The van der Waals surface area contributed by atoms with Crippen molar-refractivity contribution in [3.8, 4) is 5.75 Å². The van der Waals surface area contributed by atoms with Gasteiger partial charge in [0.2, 0.25) is 0 Å². The van der Waals surface area contributed by atoms with E-state index in [0.29, 0.717) is 10.9 Å². The summed E-state index contributed by atoms with van der Waals surface area (Å²) in [4.78, 5) is 24.0. The molecule has 0 unspecified atom stereocenters. The van der Waals surface area contributed by atoms with E-state index in [4.69, 9.17) is 4.42 Å². The highest BCUT2D eigenvalue weighted by Gasteiger charge is 2.19. The third kappa shape index (κ3) is 2.01. The second-order valence-corrected chi connectivity index (χ2v) is 6.50. The van der Waals surface area contributed by atoms with Gasteiger partial charge in [-0.15, -0.1) is 0 Å². The fourth-order valence-electron chi connectivity index (χ4n) is 2.63. The Morgan fingerprint density at radius 3 is 2.45 bits per heavy atom. The van der Waals surface area contributed by atoms with Crippen molar-refractivity contribution in [3.05, 3.63) is 50.6 Å². The van der Waals surface area contributed by atoms with Crippen LogP contribution in [0.3, 0.4) is 0 Å². The number of hydrogen-bond donors (Lipinski definition) is 1. The molecule has 1 aromatic carbocycles. The summed E-state index contributed by atoms with van der Waals surface area (Å²) >= 11 is 0. The lowest BCUT2D eigenvalue weighted by molar-refractivity contribution is 0.467. The maximum Gasteiger partial charge on any atom is 0.339 e. The van der Waals surface area contributed by atoms with Crippen LogP contribution in [0.15, 0.2) is 38.3 Å². The van der Waals surface area contributed by atoms with Crippen LogP contribution in [0, 0.1) is 0 Å². The largest absolute Gasteiger partial charge is 0.507 e. The molecule has 0 saturated heterocycles. The Labute approximate surface area is 126 Å². The molecule has 0 aliphatic carbocycles. The molecule has 0 fully saturated rings. The molecule has 0 spiro atoms. The fourth-order valence-corrected chi connectivity index (χ4v) is 2.63. The number of aromatic hydroxyl groups is 1. The molecule has 5 nitrogen and oxygen atoms in total. The predicted molar refractivity (Wildman–Crippen MR) is 85.6 cm³/mol. The number of benzene rings is 1. The molecule has 0 radical (unpaired) electrons. The fraction of sp³-hybridized carbons (Fsp3) is 0.294.